The minimum absolute atomic E-state index is 0. The molecule has 0 aromatic heterocycles. The van der Waals surface area contributed by atoms with E-state index in [0.29, 0.717) is 19.1 Å². The van der Waals surface area contributed by atoms with Gasteiger partial charge in [0.25, 0.3) is 0 Å². The highest BCUT2D eigenvalue weighted by molar-refractivity contribution is 14.0. The van der Waals surface area contributed by atoms with E-state index >= 15 is 0 Å². The second-order valence-corrected chi connectivity index (χ2v) is 7.96. The first-order chi connectivity index (χ1) is 14.2. The fourth-order valence-electron chi connectivity index (χ4n) is 4.06. The molecule has 1 aliphatic carbocycles. The number of nitrogens with zero attached hydrogens (tertiary/aromatic N) is 1. The summed E-state index contributed by atoms with van der Waals surface area (Å²) >= 11 is 0. The van der Waals surface area contributed by atoms with Gasteiger partial charge in [0.15, 0.2) is 5.96 Å². The molecule has 4 rings (SSSR count). The van der Waals surface area contributed by atoms with Gasteiger partial charge in [-0.05, 0) is 48.9 Å². The van der Waals surface area contributed by atoms with E-state index < -0.39 is 0 Å². The van der Waals surface area contributed by atoms with Crippen LogP contribution < -0.4 is 15.4 Å². The van der Waals surface area contributed by atoms with Crippen LogP contribution >= 0.6 is 24.0 Å². The minimum Gasteiger partial charge on any atom is -0.491 e. The average Bonchev–Trinajstić information content (AvgIpc) is 3.24. The summed E-state index contributed by atoms with van der Waals surface area (Å²) in [4.78, 5) is 4.38. The third-order valence-electron chi connectivity index (χ3n) is 5.82. The molecular formula is C24H32IN3O2. The van der Waals surface area contributed by atoms with Crippen LogP contribution in [0, 0.1) is 6.92 Å². The van der Waals surface area contributed by atoms with Crippen LogP contribution in [0.5, 0.6) is 5.75 Å². The van der Waals surface area contributed by atoms with E-state index in [-0.39, 0.29) is 30.1 Å². The van der Waals surface area contributed by atoms with Crippen molar-refractivity contribution in [1.82, 2.24) is 10.6 Å². The number of hydrogen-bond donors (Lipinski definition) is 2. The summed E-state index contributed by atoms with van der Waals surface area (Å²) in [6.45, 7) is 5.12. The molecule has 2 aliphatic rings. The Morgan fingerprint density at radius 2 is 2.07 bits per heavy atom. The number of halogens is 1. The van der Waals surface area contributed by atoms with Crippen LogP contribution in [-0.2, 0) is 17.7 Å². The molecule has 6 heteroatoms. The molecule has 0 bridgehead atoms. The zero-order valence-corrected chi connectivity index (χ0v) is 20.1. The number of guanidine groups is 1. The lowest BCUT2D eigenvalue weighted by atomic mass is 9.78. The van der Waals surface area contributed by atoms with E-state index in [0.717, 1.165) is 49.7 Å². The third kappa shape index (κ3) is 5.66. The number of aryl methyl sites for hydroxylation is 1. The predicted molar refractivity (Wildman–Crippen MR) is 132 cm³/mol. The lowest BCUT2D eigenvalue weighted by molar-refractivity contribution is 0.0676. The Morgan fingerprint density at radius 1 is 1.20 bits per heavy atom. The van der Waals surface area contributed by atoms with Crippen LogP contribution in [0.15, 0.2) is 47.5 Å². The smallest absolute Gasteiger partial charge is 0.191 e. The van der Waals surface area contributed by atoms with Gasteiger partial charge in [-0.2, -0.15) is 0 Å². The van der Waals surface area contributed by atoms with Crippen molar-refractivity contribution in [3.8, 4) is 5.75 Å². The molecule has 1 aliphatic heterocycles. The molecule has 162 valence electrons. The first-order valence-corrected chi connectivity index (χ1v) is 10.6. The predicted octanol–water partition coefficient (Wildman–Crippen LogP) is 4.18. The molecule has 2 unspecified atom stereocenters. The van der Waals surface area contributed by atoms with Gasteiger partial charge in [-0.25, -0.2) is 0 Å². The molecule has 2 aromatic carbocycles. The molecule has 0 saturated carbocycles. The number of benzene rings is 2. The van der Waals surface area contributed by atoms with Crippen LogP contribution in [0.2, 0.25) is 0 Å². The molecular weight excluding hydrogens is 489 g/mol. The zero-order chi connectivity index (χ0) is 20.1. The number of hydrogen-bond acceptors (Lipinski definition) is 3. The van der Waals surface area contributed by atoms with Crippen LogP contribution in [0.3, 0.4) is 0 Å². The Labute approximate surface area is 196 Å². The summed E-state index contributed by atoms with van der Waals surface area (Å²) in [6.07, 6.45) is 3.57. The van der Waals surface area contributed by atoms with E-state index in [1.54, 1.807) is 0 Å². The SMILES string of the molecule is CN=C(NCc1ccc(C)cc1OCC1CCCO1)NCC1Cc2ccccc21.I. The lowest BCUT2D eigenvalue weighted by Gasteiger charge is -2.30. The Hall–Kier alpha value is -1.80. The van der Waals surface area contributed by atoms with Crippen molar-refractivity contribution in [1.29, 1.82) is 0 Å². The molecule has 0 amide bonds. The highest BCUT2D eigenvalue weighted by atomic mass is 127. The van der Waals surface area contributed by atoms with Crippen LogP contribution in [0.25, 0.3) is 0 Å². The van der Waals surface area contributed by atoms with Crippen LogP contribution in [-0.4, -0.2) is 38.9 Å². The number of rotatable bonds is 7. The summed E-state index contributed by atoms with van der Waals surface area (Å²) in [5, 5.41) is 6.90. The molecule has 1 fully saturated rings. The van der Waals surface area contributed by atoms with Gasteiger partial charge >= 0.3 is 0 Å². The molecule has 0 radical (unpaired) electrons. The lowest BCUT2D eigenvalue weighted by Crippen LogP contribution is -2.40. The maximum atomic E-state index is 6.11. The molecule has 30 heavy (non-hydrogen) atoms. The molecule has 2 aromatic rings. The van der Waals surface area contributed by atoms with Crippen molar-refractivity contribution in [2.24, 2.45) is 4.99 Å². The van der Waals surface area contributed by atoms with Crippen molar-refractivity contribution < 1.29 is 9.47 Å². The maximum Gasteiger partial charge on any atom is 0.191 e. The van der Waals surface area contributed by atoms with E-state index in [2.05, 4.69) is 65.0 Å². The van der Waals surface area contributed by atoms with Crippen LogP contribution in [0.1, 0.15) is 41.0 Å². The van der Waals surface area contributed by atoms with E-state index in [1.807, 2.05) is 7.05 Å². The Morgan fingerprint density at radius 3 is 2.83 bits per heavy atom. The minimum atomic E-state index is 0. The molecule has 1 heterocycles. The highest BCUT2D eigenvalue weighted by Gasteiger charge is 2.25. The van der Waals surface area contributed by atoms with Gasteiger partial charge in [0.05, 0.1) is 6.10 Å². The first-order valence-electron chi connectivity index (χ1n) is 10.6. The van der Waals surface area contributed by atoms with Crippen LogP contribution in [0.4, 0.5) is 0 Å². The van der Waals surface area contributed by atoms with Crippen molar-refractivity contribution in [2.75, 3.05) is 26.8 Å². The van der Waals surface area contributed by atoms with Crippen molar-refractivity contribution in [2.45, 2.75) is 44.8 Å². The largest absolute Gasteiger partial charge is 0.491 e. The second kappa shape index (κ2) is 11.0. The standard InChI is InChI=1S/C24H31N3O2.HI/c1-17-9-10-19(23(12-17)29-16-21-7-5-11-28-21)14-26-24(25-2)27-15-20-13-18-6-3-4-8-22(18)20;/h3-4,6,8-10,12,20-21H,5,7,11,13-16H2,1-2H3,(H2,25,26,27);1H. The number of ether oxygens (including phenoxy) is 2. The van der Waals surface area contributed by atoms with Gasteiger partial charge in [-0.1, -0.05) is 36.4 Å². The summed E-state index contributed by atoms with van der Waals surface area (Å²) in [5.74, 6) is 2.31. The molecule has 2 atom stereocenters. The summed E-state index contributed by atoms with van der Waals surface area (Å²) < 4.78 is 11.8. The van der Waals surface area contributed by atoms with Crippen molar-refractivity contribution in [3.63, 3.8) is 0 Å². The summed E-state index contributed by atoms with van der Waals surface area (Å²) in [6, 6.07) is 15.0. The van der Waals surface area contributed by atoms with E-state index in [9.17, 15) is 0 Å². The Kier molecular flexibility index (Phi) is 8.39. The van der Waals surface area contributed by atoms with Gasteiger partial charge in [0.2, 0.25) is 0 Å². The number of fused-ring (bicyclic) bond motifs is 1. The molecule has 1 saturated heterocycles. The van der Waals surface area contributed by atoms with Crippen molar-refractivity contribution >= 4 is 29.9 Å². The second-order valence-electron chi connectivity index (χ2n) is 7.96. The first kappa shape index (κ1) is 22.9. The van der Waals surface area contributed by atoms with Gasteiger partial charge in [0, 0.05) is 38.2 Å². The van der Waals surface area contributed by atoms with Gasteiger partial charge in [-0.3, -0.25) is 4.99 Å². The van der Waals surface area contributed by atoms with Gasteiger partial charge in [0.1, 0.15) is 12.4 Å². The number of nitrogens with one attached hydrogen (secondary N) is 2. The van der Waals surface area contributed by atoms with Crippen molar-refractivity contribution in [3.05, 3.63) is 64.7 Å². The summed E-state index contributed by atoms with van der Waals surface area (Å²) in [7, 11) is 1.81. The fourth-order valence-corrected chi connectivity index (χ4v) is 4.06. The number of aliphatic imine (C=N–C) groups is 1. The highest BCUT2D eigenvalue weighted by Crippen LogP contribution is 2.33. The molecule has 5 nitrogen and oxygen atoms in total. The van der Waals surface area contributed by atoms with Gasteiger partial charge < -0.3 is 20.1 Å². The monoisotopic (exact) mass is 521 g/mol. The Balaban J connectivity index is 0.00000256. The average molecular weight is 521 g/mol. The summed E-state index contributed by atoms with van der Waals surface area (Å²) in [5.41, 5.74) is 5.25. The zero-order valence-electron chi connectivity index (χ0n) is 17.8. The topological polar surface area (TPSA) is 54.9 Å². The molecule has 2 N–H and O–H groups in total. The quantitative estimate of drug-likeness (QED) is 0.326. The molecule has 0 spiro atoms. The third-order valence-corrected chi connectivity index (χ3v) is 5.82. The van der Waals surface area contributed by atoms with E-state index in [1.165, 1.54) is 16.7 Å². The van der Waals surface area contributed by atoms with Gasteiger partial charge in [-0.15, -0.1) is 24.0 Å². The normalized spacial score (nSPS) is 20.0. The van der Waals surface area contributed by atoms with E-state index in [4.69, 9.17) is 9.47 Å². The maximum absolute atomic E-state index is 6.11. The Bertz CT molecular complexity index is 865. The fraction of sp³-hybridized carbons (Fsp3) is 0.458.